The van der Waals surface area contributed by atoms with E-state index in [0.29, 0.717) is 5.75 Å². The number of unbranched alkanes of at least 4 members (excludes halogenated alkanes) is 4. The first-order chi connectivity index (χ1) is 21.0. The first-order valence-corrected chi connectivity index (χ1v) is 16.9. The molecule has 234 valence electrons. The van der Waals surface area contributed by atoms with Crippen LogP contribution in [0.5, 0.6) is 5.75 Å². The van der Waals surface area contributed by atoms with Crippen molar-refractivity contribution in [3.05, 3.63) is 89.1 Å². The number of benzene rings is 2. The Morgan fingerprint density at radius 1 is 0.659 bits per heavy atom. The first-order valence-electron chi connectivity index (χ1n) is 16.9. The Labute approximate surface area is 279 Å². The standard InChI is InChI=1S/C40H47N2O.Pt/c1-5-9-21-39(22-10-6-2)30-20-19-28(34-17-13-14-25-41-34)26-29(30)37-32(39)27-33-38(42-37)36-31(16-15-18-35(36)43)40(33,23-11-7-3)24-12-8-4;/h13-20,25,27,43H,5-12,21-24H2,1-4H3;/q-1;. The van der Waals surface area contributed by atoms with E-state index in [0.717, 1.165) is 85.1 Å². The molecule has 0 spiro atoms. The van der Waals surface area contributed by atoms with E-state index >= 15 is 0 Å². The van der Waals surface area contributed by atoms with E-state index in [2.05, 4.69) is 69.1 Å². The van der Waals surface area contributed by atoms with Gasteiger partial charge in [-0.2, -0.15) is 0 Å². The van der Waals surface area contributed by atoms with Gasteiger partial charge in [-0.05, 0) is 54.4 Å². The molecule has 0 amide bonds. The number of pyridine rings is 2. The van der Waals surface area contributed by atoms with Crippen LogP contribution < -0.4 is 0 Å². The molecule has 2 aromatic heterocycles. The Hall–Kier alpha value is -2.77. The number of hydrogen-bond acceptors (Lipinski definition) is 3. The van der Waals surface area contributed by atoms with Crippen molar-refractivity contribution in [2.45, 2.75) is 116 Å². The van der Waals surface area contributed by atoms with Crippen molar-refractivity contribution >= 4 is 0 Å². The van der Waals surface area contributed by atoms with Gasteiger partial charge < -0.3 is 5.11 Å². The number of phenols is 1. The summed E-state index contributed by atoms with van der Waals surface area (Å²) >= 11 is 0. The summed E-state index contributed by atoms with van der Waals surface area (Å²) in [5.41, 5.74) is 11.3. The number of rotatable bonds is 13. The fourth-order valence-corrected chi connectivity index (χ4v) is 8.09. The second-order valence-electron chi connectivity index (χ2n) is 12.9. The normalized spacial score (nSPS) is 14.8. The summed E-state index contributed by atoms with van der Waals surface area (Å²) in [6.45, 7) is 9.20. The van der Waals surface area contributed by atoms with E-state index in [1.54, 1.807) is 0 Å². The Balaban J connectivity index is 0.00000384. The van der Waals surface area contributed by atoms with Gasteiger partial charge in [-0.25, -0.2) is 0 Å². The number of aromatic hydroxyl groups is 1. The number of nitrogens with zero attached hydrogens (tertiary/aromatic N) is 2. The fourth-order valence-electron chi connectivity index (χ4n) is 8.09. The van der Waals surface area contributed by atoms with E-state index in [1.807, 2.05) is 30.5 Å². The van der Waals surface area contributed by atoms with Crippen LogP contribution in [-0.2, 0) is 31.9 Å². The average Bonchev–Trinajstić information content (AvgIpc) is 3.47. The minimum atomic E-state index is -0.115. The van der Waals surface area contributed by atoms with Gasteiger partial charge in [0.2, 0.25) is 0 Å². The Kier molecular flexibility index (Phi) is 10.2. The van der Waals surface area contributed by atoms with E-state index < -0.39 is 0 Å². The number of hydrogen-bond donors (Lipinski definition) is 1. The molecule has 2 aromatic carbocycles. The van der Waals surface area contributed by atoms with E-state index in [1.165, 1.54) is 47.9 Å². The van der Waals surface area contributed by atoms with Gasteiger partial charge in [0.05, 0.1) is 5.69 Å². The monoisotopic (exact) mass is 766 g/mol. The summed E-state index contributed by atoms with van der Waals surface area (Å²) in [7, 11) is 0. The van der Waals surface area contributed by atoms with E-state index in [4.69, 9.17) is 4.98 Å². The van der Waals surface area contributed by atoms with Crippen LogP contribution >= 0.6 is 0 Å². The van der Waals surface area contributed by atoms with Gasteiger partial charge in [0.15, 0.2) is 0 Å². The third-order valence-electron chi connectivity index (χ3n) is 10.3. The molecule has 0 fully saturated rings. The topological polar surface area (TPSA) is 46.0 Å². The SMILES string of the molecule is CCCCC1(CCCC)c2ccc(-c3ccccn3)[c-]c2-c2nc3c(cc21)C(CCCC)(CCCC)c1cccc(O)c1-3.[Pt]. The van der Waals surface area contributed by atoms with Crippen molar-refractivity contribution in [1.82, 2.24) is 9.97 Å². The van der Waals surface area contributed by atoms with Gasteiger partial charge in [-0.15, -0.1) is 18.2 Å². The van der Waals surface area contributed by atoms with Crippen LogP contribution in [0, 0.1) is 6.07 Å². The van der Waals surface area contributed by atoms with Gasteiger partial charge >= 0.3 is 0 Å². The summed E-state index contributed by atoms with van der Waals surface area (Å²) < 4.78 is 0. The molecule has 44 heavy (non-hydrogen) atoms. The van der Waals surface area contributed by atoms with Crippen molar-refractivity contribution < 1.29 is 26.2 Å². The number of phenolic OH excluding ortho intramolecular Hbond substituents is 1. The molecule has 0 radical (unpaired) electrons. The zero-order valence-corrected chi connectivity index (χ0v) is 29.2. The van der Waals surface area contributed by atoms with Crippen LogP contribution in [0.15, 0.2) is 60.8 Å². The largest absolute Gasteiger partial charge is 0.507 e. The van der Waals surface area contributed by atoms with Crippen LogP contribution in [0.4, 0.5) is 0 Å². The Morgan fingerprint density at radius 2 is 1.27 bits per heavy atom. The van der Waals surface area contributed by atoms with Gasteiger partial charge in [0.25, 0.3) is 0 Å². The summed E-state index contributed by atoms with van der Waals surface area (Å²) in [5.74, 6) is 0.355. The molecule has 4 heteroatoms. The maximum atomic E-state index is 11.4. The van der Waals surface area contributed by atoms with Gasteiger partial charge in [-0.1, -0.05) is 132 Å². The summed E-state index contributed by atoms with van der Waals surface area (Å²) in [4.78, 5) is 10.3. The van der Waals surface area contributed by atoms with Crippen molar-refractivity contribution in [2.75, 3.05) is 0 Å². The molecule has 0 unspecified atom stereocenters. The van der Waals surface area contributed by atoms with Crippen LogP contribution in [-0.4, -0.2) is 15.1 Å². The van der Waals surface area contributed by atoms with Crippen LogP contribution in [0.2, 0.25) is 0 Å². The summed E-state index contributed by atoms with van der Waals surface area (Å²) in [6, 6.07) is 23.2. The zero-order chi connectivity index (χ0) is 30.0. The van der Waals surface area contributed by atoms with Crippen LogP contribution in [0.1, 0.15) is 127 Å². The zero-order valence-electron chi connectivity index (χ0n) is 26.9. The van der Waals surface area contributed by atoms with Gasteiger partial charge in [0.1, 0.15) is 5.75 Å². The Morgan fingerprint density at radius 3 is 1.86 bits per heavy atom. The molecule has 2 aliphatic carbocycles. The summed E-state index contributed by atoms with van der Waals surface area (Å²) in [6.07, 6.45) is 15.6. The molecular formula is C40H47N2OPt-. The molecule has 0 aliphatic heterocycles. The average molecular weight is 767 g/mol. The Bertz CT molecular complexity index is 1580. The third kappa shape index (κ3) is 5.28. The van der Waals surface area contributed by atoms with Gasteiger partial charge in [0, 0.05) is 49.6 Å². The molecule has 0 atom stereocenters. The maximum Gasteiger partial charge on any atom is 0.125 e. The van der Waals surface area contributed by atoms with Crippen molar-refractivity contribution in [2.24, 2.45) is 0 Å². The molecular weight excluding hydrogens is 720 g/mol. The predicted octanol–water partition coefficient (Wildman–Crippen LogP) is 10.9. The molecule has 0 saturated heterocycles. The number of aromatic nitrogens is 2. The molecule has 0 saturated carbocycles. The van der Waals surface area contributed by atoms with Crippen molar-refractivity contribution in [3.8, 4) is 39.5 Å². The number of fused-ring (bicyclic) bond motifs is 6. The minimum absolute atomic E-state index is 0. The second kappa shape index (κ2) is 13.7. The van der Waals surface area contributed by atoms with Crippen LogP contribution in [0.25, 0.3) is 33.8 Å². The smallest absolute Gasteiger partial charge is 0.125 e. The van der Waals surface area contributed by atoms with Crippen LogP contribution in [0.3, 0.4) is 0 Å². The third-order valence-corrected chi connectivity index (χ3v) is 10.3. The first kappa shape index (κ1) is 32.6. The molecule has 2 heterocycles. The van der Waals surface area contributed by atoms with E-state index in [9.17, 15) is 5.11 Å². The van der Waals surface area contributed by atoms with Crippen molar-refractivity contribution in [3.63, 3.8) is 0 Å². The maximum absolute atomic E-state index is 11.4. The van der Waals surface area contributed by atoms with E-state index in [-0.39, 0.29) is 31.9 Å². The minimum Gasteiger partial charge on any atom is -0.507 e. The molecule has 0 bridgehead atoms. The fraction of sp³-hybridized carbons (Fsp3) is 0.450. The summed E-state index contributed by atoms with van der Waals surface area (Å²) in [5, 5.41) is 11.4. The van der Waals surface area contributed by atoms with Crippen molar-refractivity contribution in [1.29, 1.82) is 0 Å². The molecule has 2 aliphatic rings. The van der Waals surface area contributed by atoms with Gasteiger partial charge in [-0.3, -0.25) is 9.97 Å². The molecule has 3 nitrogen and oxygen atoms in total. The predicted molar refractivity (Wildman–Crippen MR) is 179 cm³/mol. The molecule has 1 N–H and O–H groups in total. The quantitative estimate of drug-likeness (QED) is 0.138. The molecule has 4 aromatic rings. The molecule has 6 rings (SSSR count). The second-order valence-corrected chi connectivity index (χ2v) is 12.9.